The third-order valence-corrected chi connectivity index (χ3v) is 2.62. The number of hydrogen-bond acceptors (Lipinski definition) is 6. The zero-order valence-corrected chi connectivity index (χ0v) is 6.78. The maximum Gasteiger partial charge on any atom is 0.257 e. The first-order valence-corrected chi connectivity index (χ1v) is 4.08. The molecule has 0 aromatic rings. The first-order valence-electron chi connectivity index (χ1n) is 3.20. The summed E-state index contributed by atoms with van der Waals surface area (Å²) in [6.45, 7) is -0.436. The molecule has 5 nitrogen and oxygen atoms in total. The third kappa shape index (κ3) is 1.40. The topological polar surface area (TPSA) is 98.0 Å². The summed E-state index contributed by atoms with van der Waals surface area (Å²) in [5, 5.41) is 34.0. The predicted molar refractivity (Wildman–Crippen MR) is 41.8 cm³/mol. The lowest BCUT2D eigenvalue weighted by Crippen LogP contribution is -2.35. The van der Waals surface area contributed by atoms with Crippen LogP contribution >= 0.6 is 11.8 Å². The molecule has 12 heavy (non-hydrogen) atoms. The van der Waals surface area contributed by atoms with Gasteiger partial charge in [-0.3, -0.25) is 4.79 Å². The summed E-state index contributed by atoms with van der Waals surface area (Å²) in [7, 11) is 0. The van der Waals surface area contributed by atoms with Crippen molar-refractivity contribution in [3.8, 4) is 0 Å². The molecular weight excluding hydrogens is 184 g/mol. The molecule has 0 unspecified atom stereocenters. The van der Waals surface area contributed by atoms with E-state index in [-0.39, 0.29) is 0 Å². The summed E-state index contributed by atoms with van der Waals surface area (Å²) in [4.78, 5) is 10.8. The molecule has 0 bridgehead atoms. The first-order chi connectivity index (χ1) is 5.57. The van der Waals surface area contributed by atoms with Crippen LogP contribution < -0.4 is 0 Å². The second-order valence-electron chi connectivity index (χ2n) is 2.31. The molecule has 68 valence electrons. The Morgan fingerprint density at radius 1 is 1.42 bits per heavy atom. The van der Waals surface area contributed by atoms with Gasteiger partial charge in [0.15, 0.2) is 5.76 Å². The molecule has 0 spiro atoms. The van der Waals surface area contributed by atoms with Crippen LogP contribution in [0.25, 0.3) is 0 Å². The zero-order valence-electron chi connectivity index (χ0n) is 5.97. The summed E-state index contributed by atoms with van der Waals surface area (Å²) >= 11 is 0.600. The van der Waals surface area contributed by atoms with Crippen molar-refractivity contribution in [2.75, 3.05) is 6.61 Å². The van der Waals surface area contributed by atoms with Crippen molar-refractivity contribution in [3.05, 3.63) is 11.5 Å². The Kier molecular flexibility index (Phi) is 2.61. The Morgan fingerprint density at radius 3 is 2.50 bits per heavy atom. The monoisotopic (exact) mass is 192 g/mol. The molecule has 0 saturated carbocycles. The van der Waals surface area contributed by atoms with E-state index in [1.165, 1.54) is 0 Å². The van der Waals surface area contributed by atoms with Gasteiger partial charge in [-0.25, -0.2) is 0 Å². The number of aliphatic hydroxyl groups is 4. The molecule has 0 aromatic carbocycles. The molecule has 0 aliphatic carbocycles. The van der Waals surface area contributed by atoms with Gasteiger partial charge in [-0.15, -0.1) is 0 Å². The van der Waals surface area contributed by atoms with Crippen LogP contribution in [-0.4, -0.2) is 43.5 Å². The lowest BCUT2D eigenvalue weighted by atomic mass is 10.2. The lowest BCUT2D eigenvalue weighted by molar-refractivity contribution is -0.111. The maximum atomic E-state index is 10.8. The van der Waals surface area contributed by atoms with Crippen LogP contribution in [0.5, 0.6) is 0 Å². The summed E-state index contributed by atoms with van der Waals surface area (Å²) in [6.07, 6.45) is -1.38. The first kappa shape index (κ1) is 9.37. The second-order valence-corrected chi connectivity index (χ2v) is 3.52. The van der Waals surface area contributed by atoms with Crippen molar-refractivity contribution in [2.24, 2.45) is 0 Å². The smallest absolute Gasteiger partial charge is 0.257 e. The van der Waals surface area contributed by atoms with Gasteiger partial charge in [-0.1, -0.05) is 11.8 Å². The number of carbonyl (C=O) groups is 1. The normalized spacial score (nSPS) is 31.0. The molecule has 0 fully saturated rings. The third-order valence-electron chi connectivity index (χ3n) is 1.51. The quantitative estimate of drug-likeness (QED) is 0.439. The molecule has 0 saturated heterocycles. The van der Waals surface area contributed by atoms with Gasteiger partial charge in [0.2, 0.25) is 5.76 Å². The van der Waals surface area contributed by atoms with E-state index in [4.69, 9.17) is 20.4 Å². The standard InChI is InChI=1S/C6H8O5S/c7-1-2-3(8)4(9)5(10)6(11)12-2/h2-3,7-10H,1H2/t2-,3-/m1/s1. The van der Waals surface area contributed by atoms with E-state index >= 15 is 0 Å². The average Bonchev–Trinajstić information content (AvgIpc) is 2.08. The van der Waals surface area contributed by atoms with Crippen LogP contribution in [0.2, 0.25) is 0 Å². The Hall–Kier alpha value is -0.720. The molecular formula is C6H8O5S. The number of thioether (sulfide) groups is 1. The van der Waals surface area contributed by atoms with Crippen molar-refractivity contribution in [1.29, 1.82) is 0 Å². The lowest BCUT2D eigenvalue weighted by Gasteiger charge is -2.23. The van der Waals surface area contributed by atoms with Crippen LogP contribution in [0.4, 0.5) is 0 Å². The summed E-state index contributed by atoms with van der Waals surface area (Å²) < 4.78 is 0. The molecule has 0 amide bonds. The number of rotatable bonds is 1. The zero-order chi connectivity index (χ0) is 9.30. The molecule has 6 heteroatoms. The van der Waals surface area contributed by atoms with Gasteiger partial charge in [0.25, 0.3) is 5.12 Å². The highest BCUT2D eigenvalue weighted by Gasteiger charge is 2.35. The molecule has 4 N–H and O–H groups in total. The Morgan fingerprint density at radius 2 is 2.00 bits per heavy atom. The highest BCUT2D eigenvalue weighted by molar-refractivity contribution is 8.14. The Balaban J connectivity index is 2.93. The number of carbonyl (C=O) groups excluding carboxylic acids is 1. The minimum atomic E-state index is -1.38. The van der Waals surface area contributed by atoms with Gasteiger partial charge < -0.3 is 20.4 Å². The van der Waals surface area contributed by atoms with Gasteiger partial charge in [0.1, 0.15) is 6.10 Å². The van der Waals surface area contributed by atoms with Gasteiger partial charge >= 0.3 is 0 Å². The summed E-state index contributed by atoms with van der Waals surface area (Å²) in [5.74, 6) is -1.60. The highest BCUT2D eigenvalue weighted by Crippen LogP contribution is 2.28. The molecule has 1 rings (SSSR count). The SMILES string of the molecule is O=C1S[C@H](CO)[C@@H](O)C(O)=C1O. The van der Waals surface area contributed by atoms with Crippen molar-refractivity contribution in [1.82, 2.24) is 0 Å². The van der Waals surface area contributed by atoms with Crippen molar-refractivity contribution < 1.29 is 25.2 Å². The Labute approximate surface area is 72.3 Å². The van der Waals surface area contributed by atoms with E-state index in [0.29, 0.717) is 11.8 Å². The summed E-state index contributed by atoms with van der Waals surface area (Å²) in [6, 6.07) is 0. The fourth-order valence-corrected chi connectivity index (χ4v) is 1.64. The van der Waals surface area contributed by atoms with Gasteiger partial charge in [-0.2, -0.15) is 0 Å². The van der Waals surface area contributed by atoms with Crippen LogP contribution in [0.3, 0.4) is 0 Å². The van der Waals surface area contributed by atoms with Crippen LogP contribution in [0.1, 0.15) is 0 Å². The van der Waals surface area contributed by atoms with Crippen molar-refractivity contribution in [2.45, 2.75) is 11.4 Å². The van der Waals surface area contributed by atoms with Gasteiger partial charge in [0, 0.05) is 0 Å². The maximum absolute atomic E-state index is 10.8. The van der Waals surface area contributed by atoms with E-state index in [2.05, 4.69) is 0 Å². The molecule has 0 radical (unpaired) electrons. The molecule has 1 heterocycles. The van der Waals surface area contributed by atoms with E-state index in [1.807, 2.05) is 0 Å². The molecule has 2 atom stereocenters. The Bertz CT molecular complexity index is 236. The van der Waals surface area contributed by atoms with Crippen molar-refractivity contribution >= 4 is 16.9 Å². The fraction of sp³-hybridized carbons (Fsp3) is 0.500. The molecule has 1 aliphatic heterocycles. The number of hydrogen-bond donors (Lipinski definition) is 4. The van der Waals surface area contributed by atoms with Crippen LogP contribution in [0, 0.1) is 0 Å². The highest BCUT2D eigenvalue weighted by atomic mass is 32.2. The molecule has 1 aliphatic rings. The van der Waals surface area contributed by atoms with E-state index in [1.54, 1.807) is 0 Å². The predicted octanol–water partition coefficient (Wildman–Crippen LogP) is -0.691. The minimum Gasteiger partial charge on any atom is -0.506 e. The summed E-state index contributed by atoms with van der Waals surface area (Å²) in [5.41, 5.74) is 0. The fourth-order valence-electron chi connectivity index (χ4n) is 0.816. The van der Waals surface area contributed by atoms with E-state index < -0.39 is 34.6 Å². The van der Waals surface area contributed by atoms with E-state index in [0.717, 1.165) is 0 Å². The van der Waals surface area contributed by atoms with Gasteiger partial charge in [-0.05, 0) is 0 Å². The van der Waals surface area contributed by atoms with Crippen molar-refractivity contribution in [3.63, 3.8) is 0 Å². The largest absolute Gasteiger partial charge is 0.506 e. The van der Waals surface area contributed by atoms with Crippen LogP contribution in [-0.2, 0) is 4.79 Å². The van der Waals surface area contributed by atoms with E-state index in [9.17, 15) is 4.79 Å². The second kappa shape index (κ2) is 3.34. The van der Waals surface area contributed by atoms with Gasteiger partial charge in [0.05, 0.1) is 11.9 Å². The minimum absolute atomic E-state index is 0.436. The molecule has 0 aromatic heterocycles. The average molecular weight is 192 g/mol. The number of aliphatic hydroxyl groups excluding tert-OH is 4. The van der Waals surface area contributed by atoms with Crippen LogP contribution in [0.15, 0.2) is 11.5 Å².